The van der Waals surface area contributed by atoms with Gasteiger partial charge in [-0.2, -0.15) is 4.98 Å². The smallest absolute Gasteiger partial charge is 0.245 e. The van der Waals surface area contributed by atoms with Crippen molar-refractivity contribution in [3.63, 3.8) is 0 Å². The summed E-state index contributed by atoms with van der Waals surface area (Å²) in [6, 6.07) is 8.05. The predicted octanol–water partition coefficient (Wildman–Crippen LogP) is 2.41. The van der Waals surface area contributed by atoms with E-state index in [1.807, 2.05) is 24.3 Å². The number of halogens is 1. The molecule has 1 aromatic heterocycles. The SMILES string of the molecule is NCC1CCCN(c2n[nH]c(-c3ccc(Br)cc3)n2)C1. The Morgan fingerprint density at radius 2 is 2.15 bits per heavy atom. The lowest BCUT2D eigenvalue weighted by atomic mass is 9.99. The largest absolute Gasteiger partial charge is 0.339 e. The Balaban J connectivity index is 1.78. The molecule has 1 aromatic carbocycles. The number of aromatic amines is 1. The lowest BCUT2D eigenvalue weighted by Crippen LogP contribution is -2.38. The summed E-state index contributed by atoms with van der Waals surface area (Å²) >= 11 is 3.43. The lowest BCUT2D eigenvalue weighted by molar-refractivity contribution is 0.420. The second kappa shape index (κ2) is 5.93. The number of H-pyrrole nitrogens is 1. The summed E-state index contributed by atoms with van der Waals surface area (Å²) in [5.74, 6) is 2.14. The summed E-state index contributed by atoms with van der Waals surface area (Å²) in [6.45, 7) is 2.70. The Morgan fingerprint density at radius 3 is 2.90 bits per heavy atom. The van der Waals surface area contributed by atoms with Crippen molar-refractivity contribution >= 4 is 21.9 Å². The van der Waals surface area contributed by atoms with Crippen molar-refractivity contribution in [2.24, 2.45) is 11.7 Å². The zero-order valence-corrected chi connectivity index (χ0v) is 12.8. The summed E-state index contributed by atoms with van der Waals surface area (Å²) in [5.41, 5.74) is 6.82. The molecule has 0 radical (unpaired) electrons. The maximum absolute atomic E-state index is 5.77. The van der Waals surface area contributed by atoms with Gasteiger partial charge < -0.3 is 10.6 Å². The van der Waals surface area contributed by atoms with Gasteiger partial charge in [0.15, 0.2) is 5.82 Å². The van der Waals surface area contributed by atoms with Crippen LogP contribution in [0.4, 0.5) is 5.95 Å². The molecule has 5 nitrogen and oxygen atoms in total. The number of benzene rings is 1. The van der Waals surface area contributed by atoms with Gasteiger partial charge in [-0.25, -0.2) is 0 Å². The highest BCUT2D eigenvalue weighted by Gasteiger charge is 2.21. The molecule has 106 valence electrons. The Kier molecular flexibility index (Phi) is 4.03. The Labute approximate surface area is 126 Å². The first-order chi connectivity index (χ1) is 9.76. The van der Waals surface area contributed by atoms with Crippen LogP contribution in [0.15, 0.2) is 28.7 Å². The summed E-state index contributed by atoms with van der Waals surface area (Å²) in [4.78, 5) is 6.83. The molecule has 0 bridgehead atoms. The van der Waals surface area contributed by atoms with E-state index in [1.54, 1.807) is 0 Å². The number of hydrogen-bond acceptors (Lipinski definition) is 4. The number of piperidine rings is 1. The van der Waals surface area contributed by atoms with E-state index in [0.29, 0.717) is 5.92 Å². The standard InChI is InChI=1S/C14H18BrN5/c15-12-5-3-11(4-6-12)13-17-14(19-18-13)20-7-1-2-10(8-16)9-20/h3-6,10H,1-2,7-9,16H2,(H,17,18,19). The second-order valence-corrected chi connectivity index (χ2v) is 6.10. The van der Waals surface area contributed by atoms with E-state index in [4.69, 9.17) is 5.73 Å². The lowest BCUT2D eigenvalue weighted by Gasteiger charge is -2.31. The molecule has 0 aliphatic carbocycles. The van der Waals surface area contributed by atoms with E-state index in [0.717, 1.165) is 47.9 Å². The first kappa shape index (κ1) is 13.6. The van der Waals surface area contributed by atoms with Gasteiger partial charge in [-0.3, -0.25) is 5.10 Å². The molecule has 20 heavy (non-hydrogen) atoms. The molecule has 0 saturated carbocycles. The average molecular weight is 336 g/mol. The van der Waals surface area contributed by atoms with Crippen LogP contribution in [0.5, 0.6) is 0 Å². The Bertz CT molecular complexity index is 565. The maximum atomic E-state index is 5.77. The second-order valence-electron chi connectivity index (χ2n) is 5.18. The van der Waals surface area contributed by atoms with Crippen molar-refractivity contribution in [1.29, 1.82) is 0 Å². The van der Waals surface area contributed by atoms with Gasteiger partial charge >= 0.3 is 0 Å². The van der Waals surface area contributed by atoms with Crippen LogP contribution in [0, 0.1) is 5.92 Å². The van der Waals surface area contributed by atoms with Crippen LogP contribution >= 0.6 is 15.9 Å². The van der Waals surface area contributed by atoms with Gasteiger partial charge in [0.05, 0.1) is 0 Å². The minimum Gasteiger partial charge on any atom is -0.339 e. The van der Waals surface area contributed by atoms with Crippen LogP contribution in [-0.4, -0.2) is 34.8 Å². The van der Waals surface area contributed by atoms with Gasteiger partial charge in [0.2, 0.25) is 5.95 Å². The summed E-state index contributed by atoms with van der Waals surface area (Å²) in [5, 5.41) is 7.37. The molecule has 1 unspecified atom stereocenters. The summed E-state index contributed by atoms with van der Waals surface area (Å²) < 4.78 is 1.06. The molecule has 1 aliphatic heterocycles. The Morgan fingerprint density at radius 1 is 1.35 bits per heavy atom. The maximum Gasteiger partial charge on any atom is 0.245 e. The highest BCUT2D eigenvalue weighted by Crippen LogP contribution is 2.23. The zero-order chi connectivity index (χ0) is 13.9. The number of aromatic nitrogens is 3. The molecule has 3 rings (SSSR count). The van der Waals surface area contributed by atoms with Crippen molar-refractivity contribution in [3.8, 4) is 11.4 Å². The molecule has 3 N–H and O–H groups in total. The fourth-order valence-electron chi connectivity index (χ4n) is 2.57. The topological polar surface area (TPSA) is 70.8 Å². The highest BCUT2D eigenvalue weighted by molar-refractivity contribution is 9.10. The van der Waals surface area contributed by atoms with Gasteiger partial charge in [-0.15, -0.1) is 5.10 Å². The van der Waals surface area contributed by atoms with Crippen LogP contribution in [0.25, 0.3) is 11.4 Å². The molecule has 0 spiro atoms. The monoisotopic (exact) mass is 335 g/mol. The van der Waals surface area contributed by atoms with E-state index in [2.05, 4.69) is 36.0 Å². The number of rotatable bonds is 3. The van der Waals surface area contributed by atoms with E-state index in [-0.39, 0.29) is 0 Å². The molecule has 0 amide bonds. The van der Waals surface area contributed by atoms with Gasteiger partial charge in [-0.05, 0) is 37.4 Å². The predicted molar refractivity (Wildman–Crippen MR) is 83.5 cm³/mol. The van der Waals surface area contributed by atoms with E-state index in [1.165, 1.54) is 6.42 Å². The normalized spacial score (nSPS) is 19.3. The third kappa shape index (κ3) is 2.86. The number of anilines is 1. The quantitative estimate of drug-likeness (QED) is 0.903. The van der Waals surface area contributed by atoms with Crippen LogP contribution in [0.3, 0.4) is 0 Å². The highest BCUT2D eigenvalue weighted by atomic mass is 79.9. The summed E-state index contributed by atoms with van der Waals surface area (Å²) in [7, 11) is 0. The average Bonchev–Trinajstić information content (AvgIpc) is 2.98. The first-order valence-electron chi connectivity index (χ1n) is 6.89. The third-order valence-corrected chi connectivity index (χ3v) is 4.26. The van der Waals surface area contributed by atoms with E-state index < -0.39 is 0 Å². The minimum absolute atomic E-state index is 0.554. The van der Waals surface area contributed by atoms with Crippen molar-refractivity contribution in [2.75, 3.05) is 24.5 Å². The molecule has 1 atom stereocenters. The van der Waals surface area contributed by atoms with Crippen molar-refractivity contribution < 1.29 is 0 Å². The summed E-state index contributed by atoms with van der Waals surface area (Å²) in [6.07, 6.45) is 2.36. The van der Waals surface area contributed by atoms with Crippen LogP contribution in [0.1, 0.15) is 12.8 Å². The molecule has 2 heterocycles. The van der Waals surface area contributed by atoms with Crippen molar-refractivity contribution in [1.82, 2.24) is 15.2 Å². The molecular formula is C14H18BrN5. The molecule has 1 fully saturated rings. The molecule has 2 aromatic rings. The van der Waals surface area contributed by atoms with Crippen LogP contribution in [-0.2, 0) is 0 Å². The fraction of sp³-hybridized carbons (Fsp3) is 0.429. The third-order valence-electron chi connectivity index (χ3n) is 3.73. The number of nitrogens with two attached hydrogens (primary N) is 1. The fourth-order valence-corrected chi connectivity index (χ4v) is 2.83. The van der Waals surface area contributed by atoms with Gasteiger partial charge in [0, 0.05) is 23.1 Å². The first-order valence-corrected chi connectivity index (χ1v) is 7.69. The molecule has 1 aliphatic rings. The van der Waals surface area contributed by atoms with E-state index in [9.17, 15) is 0 Å². The number of hydrogen-bond donors (Lipinski definition) is 2. The van der Waals surface area contributed by atoms with Crippen LogP contribution in [0.2, 0.25) is 0 Å². The van der Waals surface area contributed by atoms with Crippen molar-refractivity contribution in [3.05, 3.63) is 28.7 Å². The number of nitrogens with one attached hydrogen (secondary N) is 1. The number of nitrogens with zero attached hydrogens (tertiary/aromatic N) is 3. The van der Waals surface area contributed by atoms with Crippen LogP contribution < -0.4 is 10.6 Å². The molecule has 6 heteroatoms. The molecular weight excluding hydrogens is 318 g/mol. The van der Waals surface area contributed by atoms with Crippen molar-refractivity contribution in [2.45, 2.75) is 12.8 Å². The zero-order valence-electron chi connectivity index (χ0n) is 11.2. The van der Waals surface area contributed by atoms with Gasteiger partial charge in [-0.1, -0.05) is 28.1 Å². The van der Waals surface area contributed by atoms with Gasteiger partial charge in [0.25, 0.3) is 0 Å². The van der Waals surface area contributed by atoms with Gasteiger partial charge in [0.1, 0.15) is 0 Å². The van der Waals surface area contributed by atoms with E-state index >= 15 is 0 Å². The molecule has 1 saturated heterocycles. The minimum atomic E-state index is 0.554. The Hall–Kier alpha value is -1.40.